The topological polar surface area (TPSA) is 85.4 Å². The number of anilines is 2. The van der Waals surface area contributed by atoms with E-state index in [4.69, 9.17) is 9.57 Å². The van der Waals surface area contributed by atoms with Gasteiger partial charge in [0.25, 0.3) is 0 Å². The summed E-state index contributed by atoms with van der Waals surface area (Å²) in [5.74, 6) is 1.85. The summed E-state index contributed by atoms with van der Waals surface area (Å²) in [6.45, 7) is 1.32. The zero-order chi connectivity index (χ0) is 19.9. The predicted octanol–water partition coefficient (Wildman–Crippen LogP) is 4.22. The summed E-state index contributed by atoms with van der Waals surface area (Å²) in [7, 11) is 0. The minimum Gasteiger partial charge on any atom is -0.438 e. The van der Waals surface area contributed by atoms with Crippen molar-refractivity contribution in [1.29, 1.82) is 0 Å². The summed E-state index contributed by atoms with van der Waals surface area (Å²) in [5.41, 5.74) is 5.25. The first kappa shape index (κ1) is 19.0. The lowest BCUT2D eigenvalue weighted by Crippen LogP contribution is -2.19. The van der Waals surface area contributed by atoms with Crippen molar-refractivity contribution in [2.24, 2.45) is 0 Å². The third-order valence-corrected chi connectivity index (χ3v) is 4.78. The highest BCUT2D eigenvalue weighted by Crippen LogP contribution is 2.31. The molecule has 1 unspecified atom stereocenters. The van der Waals surface area contributed by atoms with Gasteiger partial charge in [0.2, 0.25) is 5.88 Å². The summed E-state index contributed by atoms with van der Waals surface area (Å²) in [4.78, 5) is 25.7. The maximum absolute atomic E-state index is 11.8. The Morgan fingerprint density at radius 1 is 1.10 bits per heavy atom. The van der Waals surface area contributed by atoms with Crippen molar-refractivity contribution < 1.29 is 14.4 Å². The van der Waals surface area contributed by atoms with E-state index in [1.54, 1.807) is 12.4 Å². The number of pyridine rings is 2. The number of carbonyl (C=O) groups excluding carboxylic acids is 1. The monoisotopic (exact) mass is 390 g/mol. The molecular weight excluding hydrogens is 368 g/mol. The summed E-state index contributed by atoms with van der Waals surface area (Å²) in [5, 5.41) is 3.22. The van der Waals surface area contributed by atoms with Gasteiger partial charge in [0.15, 0.2) is 6.29 Å². The average molecular weight is 390 g/mol. The van der Waals surface area contributed by atoms with Gasteiger partial charge in [-0.05, 0) is 66.8 Å². The Kier molecular flexibility index (Phi) is 6.09. The van der Waals surface area contributed by atoms with Gasteiger partial charge in [-0.25, -0.2) is 15.4 Å². The number of nitrogens with zero attached hydrogens (tertiary/aromatic N) is 2. The van der Waals surface area contributed by atoms with Crippen molar-refractivity contribution in [3.05, 3.63) is 72.1 Å². The fourth-order valence-electron chi connectivity index (χ4n) is 3.33. The van der Waals surface area contributed by atoms with E-state index < -0.39 is 0 Å². The van der Waals surface area contributed by atoms with Crippen LogP contribution in [0.15, 0.2) is 60.9 Å². The van der Waals surface area contributed by atoms with Crippen LogP contribution in [0.1, 0.15) is 34.7 Å². The first-order chi connectivity index (χ1) is 14.3. The second-order valence-corrected chi connectivity index (χ2v) is 6.74. The van der Waals surface area contributed by atoms with E-state index in [0.29, 0.717) is 30.3 Å². The number of aldehydes is 1. The number of hydrogen-bond acceptors (Lipinski definition) is 7. The maximum atomic E-state index is 11.8. The van der Waals surface area contributed by atoms with Gasteiger partial charge in [-0.2, -0.15) is 0 Å². The van der Waals surface area contributed by atoms with Gasteiger partial charge in [0, 0.05) is 24.6 Å². The molecule has 0 aliphatic carbocycles. The molecule has 148 valence electrons. The molecule has 3 aromatic rings. The van der Waals surface area contributed by atoms with E-state index >= 15 is 0 Å². The molecule has 1 fully saturated rings. The van der Waals surface area contributed by atoms with Crippen molar-refractivity contribution in [1.82, 2.24) is 15.4 Å². The number of nitrogens with one attached hydrogen (secondary N) is 2. The van der Waals surface area contributed by atoms with E-state index in [2.05, 4.69) is 20.8 Å². The zero-order valence-corrected chi connectivity index (χ0v) is 15.9. The Morgan fingerprint density at radius 2 is 2.00 bits per heavy atom. The summed E-state index contributed by atoms with van der Waals surface area (Å²) in [6.07, 6.45) is 6.10. The Labute approximate surface area is 169 Å². The summed E-state index contributed by atoms with van der Waals surface area (Å²) < 4.78 is 5.93. The van der Waals surface area contributed by atoms with Crippen LogP contribution in [0.3, 0.4) is 0 Å². The number of benzene rings is 1. The SMILES string of the molecule is O=Cc1c(C2CCCONC2)ccnc1Oc1ccc(Nc2ccccn2)cc1. The highest BCUT2D eigenvalue weighted by Gasteiger charge is 2.21. The van der Waals surface area contributed by atoms with Gasteiger partial charge in [0.05, 0.1) is 12.2 Å². The molecule has 3 heterocycles. The molecule has 2 aromatic heterocycles. The Hall–Kier alpha value is -3.29. The van der Waals surface area contributed by atoms with Crippen LogP contribution < -0.4 is 15.5 Å². The van der Waals surface area contributed by atoms with Crippen molar-refractivity contribution in [3.63, 3.8) is 0 Å². The smallest absolute Gasteiger partial charge is 0.230 e. The Balaban J connectivity index is 1.51. The van der Waals surface area contributed by atoms with E-state index in [0.717, 1.165) is 36.2 Å². The Bertz CT molecular complexity index is 940. The Morgan fingerprint density at radius 3 is 2.79 bits per heavy atom. The molecule has 2 N–H and O–H groups in total. The molecule has 0 bridgehead atoms. The van der Waals surface area contributed by atoms with Crippen molar-refractivity contribution in [2.75, 3.05) is 18.5 Å². The van der Waals surface area contributed by atoms with E-state index in [-0.39, 0.29) is 5.92 Å². The van der Waals surface area contributed by atoms with Crippen LogP contribution in [0.4, 0.5) is 11.5 Å². The number of aromatic nitrogens is 2. The number of hydrogen-bond donors (Lipinski definition) is 2. The molecule has 1 aliphatic rings. The van der Waals surface area contributed by atoms with Gasteiger partial charge in [-0.3, -0.25) is 4.79 Å². The fraction of sp³-hybridized carbons (Fsp3) is 0.227. The van der Waals surface area contributed by atoms with Crippen molar-refractivity contribution >= 4 is 17.8 Å². The molecule has 0 amide bonds. The number of ether oxygens (including phenoxy) is 1. The minimum absolute atomic E-state index is 0.174. The third kappa shape index (κ3) is 4.77. The summed E-state index contributed by atoms with van der Waals surface area (Å²) >= 11 is 0. The largest absolute Gasteiger partial charge is 0.438 e. The molecule has 0 radical (unpaired) electrons. The van der Waals surface area contributed by atoms with Crippen LogP contribution in [0.5, 0.6) is 11.6 Å². The van der Waals surface area contributed by atoms with Crippen LogP contribution in [-0.4, -0.2) is 29.4 Å². The lowest BCUT2D eigenvalue weighted by atomic mass is 9.92. The van der Waals surface area contributed by atoms with Gasteiger partial charge in [-0.1, -0.05) is 6.07 Å². The molecule has 1 aliphatic heterocycles. The highest BCUT2D eigenvalue weighted by molar-refractivity contribution is 5.81. The van der Waals surface area contributed by atoms with E-state index in [1.807, 2.05) is 48.5 Å². The van der Waals surface area contributed by atoms with Crippen LogP contribution in [-0.2, 0) is 4.84 Å². The predicted molar refractivity (Wildman–Crippen MR) is 110 cm³/mol. The first-order valence-corrected chi connectivity index (χ1v) is 9.58. The normalized spacial score (nSPS) is 16.6. The first-order valence-electron chi connectivity index (χ1n) is 9.58. The van der Waals surface area contributed by atoms with Gasteiger partial charge >= 0.3 is 0 Å². The van der Waals surface area contributed by atoms with E-state index in [9.17, 15) is 4.79 Å². The zero-order valence-electron chi connectivity index (χ0n) is 15.9. The number of carbonyl (C=O) groups is 1. The van der Waals surface area contributed by atoms with Crippen LogP contribution in [0.25, 0.3) is 0 Å². The highest BCUT2D eigenvalue weighted by atomic mass is 16.6. The quantitative estimate of drug-likeness (QED) is 0.609. The van der Waals surface area contributed by atoms with Gasteiger partial charge in [0.1, 0.15) is 11.6 Å². The minimum atomic E-state index is 0.174. The molecule has 0 saturated carbocycles. The summed E-state index contributed by atoms with van der Waals surface area (Å²) in [6, 6.07) is 15.0. The number of hydroxylamine groups is 1. The molecular formula is C22H22N4O3. The molecule has 29 heavy (non-hydrogen) atoms. The molecule has 1 saturated heterocycles. The van der Waals surface area contributed by atoms with Gasteiger partial charge in [-0.15, -0.1) is 0 Å². The van der Waals surface area contributed by atoms with E-state index in [1.165, 1.54) is 0 Å². The van der Waals surface area contributed by atoms with Gasteiger partial charge < -0.3 is 14.9 Å². The molecule has 7 nitrogen and oxygen atoms in total. The van der Waals surface area contributed by atoms with Crippen molar-refractivity contribution in [3.8, 4) is 11.6 Å². The maximum Gasteiger partial charge on any atom is 0.230 e. The van der Waals surface area contributed by atoms with Crippen LogP contribution in [0, 0.1) is 0 Å². The second-order valence-electron chi connectivity index (χ2n) is 6.74. The second kappa shape index (κ2) is 9.27. The molecule has 4 rings (SSSR count). The standard InChI is InChI=1S/C22H22N4O3/c27-15-20-19(16-4-3-13-28-25-14-16)10-12-24-22(20)29-18-8-6-17(7-9-18)26-21-5-1-2-11-23-21/h1-2,5-12,15-16,25H,3-4,13-14H2,(H,23,26). The lowest BCUT2D eigenvalue weighted by molar-refractivity contribution is 0.0513. The van der Waals surface area contributed by atoms with Crippen LogP contribution in [0.2, 0.25) is 0 Å². The lowest BCUT2D eigenvalue weighted by Gasteiger charge is -2.17. The number of rotatable bonds is 6. The molecule has 0 spiro atoms. The third-order valence-electron chi connectivity index (χ3n) is 4.78. The molecule has 1 aromatic carbocycles. The fourth-order valence-corrected chi connectivity index (χ4v) is 3.33. The van der Waals surface area contributed by atoms with Crippen LogP contribution >= 0.6 is 0 Å². The average Bonchev–Trinajstić information content (AvgIpc) is 3.05. The molecule has 7 heteroatoms. The molecule has 1 atom stereocenters. The van der Waals surface area contributed by atoms with Crippen molar-refractivity contribution in [2.45, 2.75) is 18.8 Å².